The summed E-state index contributed by atoms with van der Waals surface area (Å²) in [7, 11) is 0. The topological polar surface area (TPSA) is 29.8 Å². The summed E-state index contributed by atoms with van der Waals surface area (Å²) in [6, 6.07) is 14.9. The van der Waals surface area contributed by atoms with Crippen LogP contribution in [0, 0.1) is 12.7 Å². The summed E-state index contributed by atoms with van der Waals surface area (Å²) in [5, 5.41) is 2.11. The van der Waals surface area contributed by atoms with Crippen molar-refractivity contribution in [3.63, 3.8) is 0 Å². The second-order valence-corrected chi connectivity index (χ2v) is 7.80. The summed E-state index contributed by atoms with van der Waals surface area (Å²) >= 11 is 1.62. The fourth-order valence-corrected chi connectivity index (χ4v) is 4.24. The number of thiazole rings is 1. The van der Waals surface area contributed by atoms with Crippen molar-refractivity contribution in [1.82, 2.24) is 9.47 Å². The summed E-state index contributed by atoms with van der Waals surface area (Å²) in [4.78, 5) is 8.24. The highest BCUT2D eigenvalue weighted by atomic mass is 32.1. The highest BCUT2D eigenvalue weighted by Crippen LogP contribution is 2.21. The number of aryl methyl sites for hydroxylation is 1. The molecule has 0 saturated carbocycles. The van der Waals surface area contributed by atoms with Crippen LogP contribution in [-0.4, -0.2) is 42.3 Å². The Kier molecular flexibility index (Phi) is 6.00. The number of nitrogens with zero attached hydrogens (tertiary/aromatic N) is 3. The van der Waals surface area contributed by atoms with Crippen LogP contribution < -0.4 is 4.80 Å². The van der Waals surface area contributed by atoms with Gasteiger partial charge in [-0.25, -0.2) is 9.38 Å². The second kappa shape index (κ2) is 8.82. The molecule has 2 heterocycles. The molecule has 1 fully saturated rings. The Hall–Kier alpha value is -2.28. The second-order valence-electron chi connectivity index (χ2n) is 6.96. The molecule has 0 spiro atoms. The Morgan fingerprint density at radius 3 is 2.43 bits per heavy atom. The molecule has 4 nitrogen and oxygen atoms in total. The van der Waals surface area contributed by atoms with Crippen LogP contribution in [-0.2, 0) is 11.3 Å². The van der Waals surface area contributed by atoms with Crippen LogP contribution in [0.1, 0.15) is 5.56 Å². The van der Waals surface area contributed by atoms with E-state index in [1.165, 1.54) is 17.7 Å². The molecule has 0 amide bonds. The van der Waals surface area contributed by atoms with E-state index in [4.69, 9.17) is 9.73 Å². The Bertz CT molecular complexity index is 970. The van der Waals surface area contributed by atoms with Crippen LogP contribution in [0.25, 0.3) is 11.3 Å². The van der Waals surface area contributed by atoms with Crippen molar-refractivity contribution in [1.29, 1.82) is 0 Å². The molecule has 6 heteroatoms. The number of benzene rings is 2. The molecule has 28 heavy (non-hydrogen) atoms. The van der Waals surface area contributed by atoms with Gasteiger partial charge in [0.15, 0.2) is 4.80 Å². The van der Waals surface area contributed by atoms with E-state index in [1.807, 2.05) is 24.3 Å². The van der Waals surface area contributed by atoms with Crippen LogP contribution in [0.3, 0.4) is 0 Å². The molecule has 0 unspecified atom stereocenters. The number of halogens is 1. The van der Waals surface area contributed by atoms with Crippen molar-refractivity contribution in [2.24, 2.45) is 4.99 Å². The van der Waals surface area contributed by atoms with Gasteiger partial charge in [-0.2, -0.15) is 0 Å². The smallest absolute Gasteiger partial charge is 0.190 e. The normalized spacial score (nSPS) is 15.9. The summed E-state index contributed by atoms with van der Waals surface area (Å²) < 4.78 is 21.1. The van der Waals surface area contributed by atoms with Gasteiger partial charge in [-0.15, -0.1) is 11.3 Å². The van der Waals surface area contributed by atoms with Gasteiger partial charge < -0.3 is 9.30 Å². The maximum atomic E-state index is 13.4. The van der Waals surface area contributed by atoms with Crippen molar-refractivity contribution < 1.29 is 9.13 Å². The molecule has 3 aromatic rings. The molecule has 0 N–H and O–H groups in total. The molecule has 1 aliphatic heterocycles. The Labute approximate surface area is 168 Å². The zero-order valence-electron chi connectivity index (χ0n) is 16.0. The molecular weight excluding hydrogens is 373 g/mol. The number of hydrogen-bond donors (Lipinski definition) is 0. The fourth-order valence-electron chi connectivity index (χ4n) is 3.28. The number of morpholine rings is 1. The molecule has 1 saturated heterocycles. The van der Waals surface area contributed by atoms with Crippen molar-refractivity contribution >= 4 is 17.0 Å². The molecule has 0 aliphatic carbocycles. The molecule has 2 aromatic carbocycles. The summed E-state index contributed by atoms with van der Waals surface area (Å²) in [5.74, 6) is -0.219. The minimum Gasteiger partial charge on any atom is -0.379 e. The van der Waals surface area contributed by atoms with Gasteiger partial charge in [0.05, 0.1) is 24.6 Å². The lowest BCUT2D eigenvalue weighted by Gasteiger charge is -2.26. The van der Waals surface area contributed by atoms with Gasteiger partial charge in [0.25, 0.3) is 0 Å². The summed E-state index contributed by atoms with van der Waals surface area (Å²) in [6.07, 6.45) is 0. The first kappa shape index (κ1) is 19.1. The molecule has 146 valence electrons. The van der Waals surface area contributed by atoms with E-state index in [2.05, 4.69) is 33.9 Å². The van der Waals surface area contributed by atoms with E-state index in [9.17, 15) is 4.39 Å². The Morgan fingerprint density at radius 1 is 1.00 bits per heavy atom. The summed E-state index contributed by atoms with van der Waals surface area (Å²) in [5.41, 5.74) is 4.24. The number of rotatable bonds is 5. The molecule has 4 rings (SSSR count). The van der Waals surface area contributed by atoms with Gasteiger partial charge in [-0.3, -0.25) is 4.90 Å². The van der Waals surface area contributed by atoms with Gasteiger partial charge in [0.1, 0.15) is 5.82 Å². The van der Waals surface area contributed by atoms with Crippen LogP contribution in [0.5, 0.6) is 0 Å². The number of hydrogen-bond acceptors (Lipinski definition) is 4. The fraction of sp³-hybridized carbons (Fsp3) is 0.318. The van der Waals surface area contributed by atoms with Gasteiger partial charge in [-0.05, 0) is 48.9 Å². The van der Waals surface area contributed by atoms with E-state index in [1.54, 1.807) is 11.3 Å². The number of aromatic nitrogens is 1. The van der Waals surface area contributed by atoms with E-state index in [0.29, 0.717) is 0 Å². The van der Waals surface area contributed by atoms with Gasteiger partial charge >= 0.3 is 0 Å². The third-order valence-electron chi connectivity index (χ3n) is 4.94. The van der Waals surface area contributed by atoms with Crippen LogP contribution in [0.15, 0.2) is 58.9 Å². The first-order valence-corrected chi connectivity index (χ1v) is 10.4. The first-order chi connectivity index (χ1) is 13.7. The molecule has 1 aliphatic rings. The third kappa shape index (κ3) is 4.58. The van der Waals surface area contributed by atoms with Gasteiger partial charge in [0.2, 0.25) is 0 Å². The lowest BCUT2D eigenvalue weighted by Crippen LogP contribution is -2.39. The number of ether oxygens (including phenoxy) is 1. The Morgan fingerprint density at radius 2 is 1.71 bits per heavy atom. The lowest BCUT2D eigenvalue weighted by atomic mass is 10.1. The highest BCUT2D eigenvalue weighted by molar-refractivity contribution is 7.07. The van der Waals surface area contributed by atoms with Crippen LogP contribution >= 0.6 is 11.3 Å². The minimum atomic E-state index is -0.219. The lowest BCUT2D eigenvalue weighted by molar-refractivity contribution is 0.0363. The summed E-state index contributed by atoms with van der Waals surface area (Å²) in [6.45, 7) is 7.35. The van der Waals surface area contributed by atoms with E-state index in [0.717, 1.165) is 61.1 Å². The van der Waals surface area contributed by atoms with Crippen LogP contribution in [0.4, 0.5) is 10.1 Å². The highest BCUT2D eigenvalue weighted by Gasteiger charge is 2.13. The third-order valence-corrected chi connectivity index (χ3v) is 5.80. The predicted octanol–water partition coefficient (Wildman–Crippen LogP) is 4.23. The minimum absolute atomic E-state index is 0.219. The zero-order valence-corrected chi connectivity index (χ0v) is 16.8. The first-order valence-electron chi connectivity index (χ1n) is 9.55. The zero-order chi connectivity index (χ0) is 19.3. The average Bonchev–Trinajstić information content (AvgIpc) is 3.12. The monoisotopic (exact) mass is 397 g/mol. The molecule has 1 aromatic heterocycles. The van der Waals surface area contributed by atoms with Crippen LogP contribution in [0.2, 0.25) is 0 Å². The standard InChI is InChI=1S/C22H24FN3OS/c1-17-2-8-20(9-3-17)24-22-26(11-10-25-12-14-27-15-13-25)21(16-28-22)18-4-6-19(23)7-5-18/h2-9,16H,10-15H2,1H3. The van der Waals surface area contributed by atoms with Gasteiger partial charge in [0, 0.05) is 31.6 Å². The average molecular weight is 398 g/mol. The quantitative estimate of drug-likeness (QED) is 0.645. The maximum absolute atomic E-state index is 13.4. The van der Waals surface area contributed by atoms with Crippen molar-refractivity contribution in [2.75, 3.05) is 32.8 Å². The predicted molar refractivity (Wildman–Crippen MR) is 111 cm³/mol. The van der Waals surface area contributed by atoms with Crippen molar-refractivity contribution in [2.45, 2.75) is 13.5 Å². The van der Waals surface area contributed by atoms with Crippen molar-refractivity contribution in [3.8, 4) is 11.3 Å². The van der Waals surface area contributed by atoms with Gasteiger partial charge in [-0.1, -0.05) is 17.7 Å². The molecular formula is C22H24FN3OS. The van der Waals surface area contributed by atoms with E-state index < -0.39 is 0 Å². The van der Waals surface area contributed by atoms with Crippen molar-refractivity contribution in [3.05, 3.63) is 70.1 Å². The largest absolute Gasteiger partial charge is 0.379 e. The van der Waals surface area contributed by atoms with E-state index in [-0.39, 0.29) is 5.82 Å². The molecule has 0 radical (unpaired) electrons. The SMILES string of the molecule is Cc1ccc(N=c2scc(-c3ccc(F)cc3)n2CCN2CCOCC2)cc1. The maximum Gasteiger partial charge on any atom is 0.190 e. The molecule has 0 atom stereocenters. The van der Waals surface area contributed by atoms with E-state index >= 15 is 0 Å². The Balaban J connectivity index is 1.68. The molecule has 0 bridgehead atoms.